The molecule has 1 aliphatic carbocycles. The van der Waals surface area contributed by atoms with Gasteiger partial charge in [-0.05, 0) is 41.5 Å². The lowest BCUT2D eigenvalue weighted by Crippen LogP contribution is -2.10. The van der Waals surface area contributed by atoms with Crippen LogP contribution in [0.2, 0.25) is 0 Å². The van der Waals surface area contributed by atoms with E-state index in [2.05, 4.69) is 127 Å². The maximum Gasteiger partial charge on any atom is 0.235 e. The van der Waals surface area contributed by atoms with Crippen LogP contribution in [0.25, 0.3) is 107 Å². The van der Waals surface area contributed by atoms with Crippen LogP contribution >= 0.6 is 22.7 Å². The number of hydrogen-bond donors (Lipinski definition) is 0. The average molecular weight is 690 g/mol. The fraction of sp³-hybridized carbons (Fsp3) is 0.0667. The van der Waals surface area contributed by atoms with Crippen LogP contribution in [-0.4, -0.2) is 14.5 Å². The first-order valence-corrected chi connectivity index (χ1v) is 19.0. The number of allylic oxidation sites excluding steroid dienone is 1. The lowest BCUT2D eigenvalue weighted by molar-refractivity contribution is 0.665. The molecule has 1 aliphatic rings. The maximum atomic E-state index is 6.68. The van der Waals surface area contributed by atoms with Crippen LogP contribution in [0.3, 0.4) is 0 Å². The van der Waals surface area contributed by atoms with Gasteiger partial charge in [0.05, 0.1) is 10.2 Å². The monoisotopic (exact) mass is 689 g/mol. The van der Waals surface area contributed by atoms with Crippen molar-refractivity contribution in [3.8, 4) is 17.2 Å². The Balaban J connectivity index is 1.30. The van der Waals surface area contributed by atoms with Crippen LogP contribution in [0.1, 0.15) is 30.5 Å². The van der Waals surface area contributed by atoms with Gasteiger partial charge in [-0.1, -0.05) is 110 Å². The van der Waals surface area contributed by atoms with Crippen molar-refractivity contribution in [2.75, 3.05) is 0 Å². The predicted molar refractivity (Wildman–Crippen MR) is 217 cm³/mol. The second kappa shape index (κ2) is 10.1. The normalized spacial score (nSPS) is 14.8. The Bertz CT molecular complexity index is 3320. The molecular weight excluding hydrogens is 663 g/mol. The zero-order chi connectivity index (χ0) is 33.4. The van der Waals surface area contributed by atoms with Gasteiger partial charge in [-0.2, -0.15) is 0 Å². The molecule has 5 aromatic heterocycles. The van der Waals surface area contributed by atoms with Crippen LogP contribution in [0.15, 0.2) is 126 Å². The Morgan fingerprint density at radius 3 is 2.16 bits per heavy atom. The molecule has 5 heterocycles. The SMILES string of the molecule is C[C@@H]1CC=Cc2c1n(-c1nc(-c3cccc4c3sc3ccccc34)c3oc4ccccc4c3n1)c1c3sc4ccccc4c3c3ccccc3c21. The summed E-state index contributed by atoms with van der Waals surface area (Å²) < 4.78 is 14.1. The second-order valence-corrected chi connectivity index (χ2v) is 15.8. The van der Waals surface area contributed by atoms with E-state index >= 15 is 0 Å². The molecule has 0 radical (unpaired) electrons. The molecule has 0 saturated carbocycles. The summed E-state index contributed by atoms with van der Waals surface area (Å²) in [4.78, 5) is 11.1. The molecule has 6 heteroatoms. The third kappa shape index (κ3) is 3.68. The van der Waals surface area contributed by atoms with Gasteiger partial charge in [0.15, 0.2) is 5.58 Å². The van der Waals surface area contributed by atoms with E-state index in [1.165, 1.54) is 73.3 Å². The van der Waals surface area contributed by atoms with E-state index in [-0.39, 0.29) is 5.92 Å². The molecule has 0 N–H and O–H groups in total. The molecule has 240 valence electrons. The molecule has 4 nitrogen and oxygen atoms in total. The van der Waals surface area contributed by atoms with Crippen LogP contribution in [-0.2, 0) is 0 Å². The minimum atomic E-state index is 0.274. The van der Waals surface area contributed by atoms with Gasteiger partial charge in [0, 0.05) is 69.2 Å². The van der Waals surface area contributed by atoms with E-state index in [0.717, 1.165) is 39.7 Å². The fourth-order valence-corrected chi connectivity index (χ4v) is 11.1. The predicted octanol–water partition coefficient (Wildman–Crippen LogP) is 13.4. The number of nitrogens with zero attached hydrogens (tertiary/aromatic N) is 3. The first-order valence-electron chi connectivity index (χ1n) is 17.4. The summed E-state index contributed by atoms with van der Waals surface area (Å²) in [5.41, 5.74) is 7.99. The third-order valence-corrected chi connectivity index (χ3v) is 13.2. The van der Waals surface area contributed by atoms with Crippen molar-refractivity contribution in [2.24, 2.45) is 0 Å². The van der Waals surface area contributed by atoms with Crippen LogP contribution in [0.4, 0.5) is 0 Å². The van der Waals surface area contributed by atoms with Crippen molar-refractivity contribution in [1.29, 1.82) is 0 Å². The third-order valence-electron chi connectivity index (χ3n) is 10.8. The van der Waals surface area contributed by atoms with Crippen molar-refractivity contribution < 1.29 is 4.42 Å². The lowest BCUT2D eigenvalue weighted by atomic mass is 9.91. The molecule has 51 heavy (non-hydrogen) atoms. The molecule has 0 aliphatic heterocycles. The fourth-order valence-electron chi connectivity index (χ4n) is 8.65. The number of rotatable bonds is 2. The minimum Gasteiger partial charge on any atom is -0.452 e. The second-order valence-electron chi connectivity index (χ2n) is 13.7. The van der Waals surface area contributed by atoms with Crippen LogP contribution < -0.4 is 0 Å². The van der Waals surface area contributed by atoms with E-state index in [9.17, 15) is 0 Å². The molecule has 0 bridgehead atoms. The Morgan fingerprint density at radius 2 is 1.31 bits per heavy atom. The van der Waals surface area contributed by atoms with Crippen molar-refractivity contribution in [2.45, 2.75) is 19.3 Å². The highest BCUT2D eigenvalue weighted by molar-refractivity contribution is 7.27. The number of fused-ring (bicyclic) bond motifs is 16. The van der Waals surface area contributed by atoms with E-state index in [1.807, 2.05) is 34.8 Å². The number of benzene rings is 6. The van der Waals surface area contributed by atoms with E-state index in [0.29, 0.717) is 5.95 Å². The van der Waals surface area contributed by atoms with Gasteiger partial charge in [0.1, 0.15) is 16.8 Å². The summed E-state index contributed by atoms with van der Waals surface area (Å²) in [6.07, 6.45) is 5.63. The maximum absolute atomic E-state index is 6.68. The Hall–Kier alpha value is -5.82. The van der Waals surface area contributed by atoms with Crippen molar-refractivity contribution >= 4 is 113 Å². The molecule has 0 amide bonds. The summed E-state index contributed by atoms with van der Waals surface area (Å²) in [5.74, 6) is 0.958. The molecule has 0 unspecified atom stereocenters. The summed E-state index contributed by atoms with van der Waals surface area (Å²) >= 11 is 3.69. The molecule has 0 spiro atoms. The number of aromatic nitrogens is 3. The smallest absolute Gasteiger partial charge is 0.235 e. The average Bonchev–Trinajstić information content (AvgIpc) is 3.94. The number of hydrogen-bond acceptors (Lipinski definition) is 5. The first-order chi connectivity index (χ1) is 25.2. The highest BCUT2D eigenvalue weighted by atomic mass is 32.1. The Morgan fingerprint density at radius 1 is 0.647 bits per heavy atom. The molecule has 11 aromatic rings. The van der Waals surface area contributed by atoms with E-state index < -0.39 is 0 Å². The highest BCUT2D eigenvalue weighted by Crippen LogP contribution is 2.50. The van der Waals surface area contributed by atoms with Gasteiger partial charge >= 0.3 is 0 Å². The molecule has 6 aromatic carbocycles. The lowest BCUT2D eigenvalue weighted by Gasteiger charge is -2.19. The quantitative estimate of drug-likeness (QED) is 0.181. The Kier molecular flexibility index (Phi) is 5.55. The Labute approximate surface area is 299 Å². The summed E-state index contributed by atoms with van der Waals surface area (Å²) in [6.45, 7) is 2.34. The van der Waals surface area contributed by atoms with Crippen LogP contribution in [0.5, 0.6) is 0 Å². The minimum absolute atomic E-state index is 0.274. The van der Waals surface area contributed by atoms with Gasteiger partial charge in [-0.25, -0.2) is 9.97 Å². The standard InChI is InChI=1S/C45H27N3OS2/c1-24-12-10-19-31-36-26-14-2-3-15-27(26)37-30-17-6-9-23-35(30)51-44(37)41(36)48(40(24)31)45-46-38-29-16-4-7-21-33(29)49-42(38)39(47-45)32-20-11-18-28-25-13-5-8-22-34(25)50-43(28)32/h2-11,13-24H,12H2,1H3/t24-/m1/s1. The van der Waals surface area contributed by atoms with Gasteiger partial charge < -0.3 is 4.42 Å². The zero-order valence-electron chi connectivity index (χ0n) is 27.5. The zero-order valence-corrected chi connectivity index (χ0v) is 29.1. The van der Waals surface area contributed by atoms with E-state index in [4.69, 9.17) is 14.4 Å². The van der Waals surface area contributed by atoms with Crippen molar-refractivity contribution in [1.82, 2.24) is 14.5 Å². The first kappa shape index (κ1) is 27.9. The molecule has 0 fully saturated rings. The van der Waals surface area contributed by atoms with E-state index in [1.54, 1.807) is 0 Å². The number of thiophene rings is 2. The highest BCUT2D eigenvalue weighted by Gasteiger charge is 2.30. The van der Waals surface area contributed by atoms with Crippen molar-refractivity contribution in [3.05, 3.63) is 133 Å². The van der Waals surface area contributed by atoms with Gasteiger partial charge in [-0.15, -0.1) is 22.7 Å². The molecular formula is C45H27N3OS2. The number of para-hydroxylation sites is 1. The van der Waals surface area contributed by atoms with Crippen LogP contribution in [0, 0.1) is 0 Å². The molecule has 0 saturated heterocycles. The molecule has 12 rings (SSSR count). The largest absolute Gasteiger partial charge is 0.452 e. The van der Waals surface area contributed by atoms with Gasteiger partial charge in [-0.3, -0.25) is 4.57 Å². The summed E-state index contributed by atoms with van der Waals surface area (Å²) in [5, 5.41) is 9.92. The topological polar surface area (TPSA) is 43.9 Å². The molecule has 1 atom stereocenters. The summed E-state index contributed by atoms with van der Waals surface area (Å²) in [7, 11) is 0. The number of furan rings is 1. The van der Waals surface area contributed by atoms with Crippen molar-refractivity contribution in [3.63, 3.8) is 0 Å². The summed E-state index contributed by atoms with van der Waals surface area (Å²) in [6, 6.07) is 41.2. The van der Waals surface area contributed by atoms with Gasteiger partial charge in [0.2, 0.25) is 5.95 Å². The van der Waals surface area contributed by atoms with Gasteiger partial charge in [0.25, 0.3) is 0 Å².